The van der Waals surface area contributed by atoms with Crippen molar-refractivity contribution in [2.45, 2.75) is 37.3 Å². The Balaban J connectivity index is 2.28. The Morgan fingerprint density at radius 1 is 1.65 bits per heavy atom. The first kappa shape index (κ1) is 17.4. The van der Waals surface area contributed by atoms with Gasteiger partial charge in [0.05, 0.1) is 12.6 Å². The molecule has 1 saturated heterocycles. The Bertz CT molecular complexity index is 651. The molecule has 1 aliphatic heterocycles. The molecule has 5 N–H and O–H groups in total. The van der Waals surface area contributed by atoms with Crippen molar-refractivity contribution in [3.63, 3.8) is 0 Å². The van der Waals surface area contributed by atoms with Crippen LogP contribution in [-0.4, -0.2) is 56.5 Å². The zero-order valence-corrected chi connectivity index (χ0v) is 12.0. The van der Waals surface area contributed by atoms with Crippen LogP contribution in [0.25, 0.3) is 0 Å². The molecule has 0 bridgehead atoms. The highest BCUT2D eigenvalue weighted by Crippen LogP contribution is 2.41. The van der Waals surface area contributed by atoms with E-state index in [0.29, 0.717) is 4.57 Å². The Morgan fingerprint density at radius 3 is 2.78 bits per heavy atom. The van der Waals surface area contributed by atoms with E-state index in [-0.39, 0.29) is 5.82 Å². The standard InChI is InChI=1S/C12H16F2N4O5/c1-5(15)9(21)16-7-2-3-18(11(22)17-7)10-12(13,14)8(20)6(4-19)23-10/h2-3,5-6,8,10,19-20H,4,15H2,1H3,(H,16,17,21,22)/t5-,6+,8+,10+/m0/s1. The molecule has 2 heterocycles. The zero-order chi connectivity index (χ0) is 17.4. The molecule has 0 aliphatic carbocycles. The zero-order valence-electron chi connectivity index (χ0n) is 12.0. The number of anilines is 1. The average Bonchev–Trinajstić information content (AvgIpc) is 2.70. The van der Waals surface area contributed by atoms with Gasteiger partial charge in [-0.2, -0.15) is 13.8 Å². The third-order valence-electron chi connectivity index (χ3n) is 3.31. The van der Waals surface area contributed by atoms with Gasteiger partial charge < -0.3 is 26.0 Å². The molecule has 1 aromatic heterocycles. The summed E-state index contributed by atoms with van der Waals surface area (Å²) >= 11 is 0. The highest BCUT2D eigenvalue weighted by atomic mass is 19.3. The van der Waals surface area contributed by atoms with E-state index in [1.807, 2.05) is 0 Å². The minimum absolute atomic E-state index is 0.158. The van der Waals surface area contributed by atoms with Gasteiger partial charge in [-0.05, 0) is 13.0 Å². The van der Waals surface area contributed by atoms with E-state index >= 15 is 0 Å². The van der Waals surface area contributed by atoms with Crippen LogP contribution in [0, 0.1) is 0 Å². The number of hydrogen-bond acceptors (Lipinski definition) is 7. The van der Waals surface area contributed by atoms with Crippen molar-refractivity contribution in [1.29, 1.82) is 0 Å². The number of aromatic nitrogens is 2. The van der Waals surface area contributed by atoms with Crippen LogP contribution < -0.4 is 16.7 Å². The first-order chi connectivity index (χ1) is 10.7. The van der Waals surface area contributed by atoms with E-state index < -0.39 is 48.6 Å². The Labute approximate surface area is 128 Å². The summed E-state index contributed by atoms with van der Waals surface area (Å²) in [5, 5.41) is 20.6. The molecule has 11 heteroatoms. The lowest BCUT2D eigenvalue weighted by Gasteiger charge is -2.21. The Morgan fingerprint density at radius 2 is 2.30 bits per heavy atom. The van der Waals surface area contributed by atoms with Gasteiger partial charge in [-0.1, -0.05) is 0 Å². The number of nitrogens with one attached hydrogen (secondary N) is 1. The first-order valence-electron chi connectivity index (χ1n) is 6.66. The Hall–Kier alpha value is -1.95. The van der Waals surface area contributed by atoms with Gasteiger partial charge in [-0.15, -0.1) is 0 Å². The van der Waals surface area contributed by atoms with Crippen molar-refractivity contribution >= 4 is 11.7 Å². The highest BCUT2D eigenvalue weighted by Gasteiger charge is 2.59. The number of aliphatic hydroxyl groups is 2. The molecule has 0 spiro atoms. The monoisotopic (exact) mass is 334 g/mol. The number of halogens is 2. The normalized spacial score (nSPS) is 27.7. The molecule has 0 radical (unpaired) electrons. The van der Waals surface area contributed by atoms with Gasteiger partial charge in [0.25, 0.3) is 0 Å². The quantitative estimate of drug-likeness (QED) is 0.521. The number of alkyl halides is 2. The average molecular weight is 334 g/mol. The molecule has 0 saturated carbocycles. The fourth-order valence-corrected chi connectivity index (χ4v) is 2.02. The van der Waals surface area contributed by atoms with Crippen molar-refractivity contribution < 1.29 is 28.5 Å². The van der Waals surface area contributed by atoms with Crippen LogP contribution in [-0.2, 0) is 9.53 Å². The maximum Gasteiger partial charge on any atom is 0.351 e. The van der Waals surface area contributed by atoms with E-state index in [0.717, 1.165) is 12.3 Å². The smallest absolute Gasteiger partial charge is 0.351 e. The number of carbonyl (C=O) groups is 1. The number of rotatable bonds is 4. The van der Waals surface area contributed by atoms with Gasteiger partial charge in [-0.3, -0.25) is 9.36 Å². The predicted octanol–water partition coefficient (Wildman–Crippen LogP) is -1.59. The van der Waals surface area contributed by atoms with Crippen molar-refractivity contribution in [3.8, 4) is 0 Å². The summed E-state index contributed by atoms with van der Waals surface area (Å²) in [6, 6.07) is 0.266. The molecule has 1 aromatic rings. The van der Waals surface area contributed by atoms with Crippen LogP contribution in [0.5, 0.6) is 0 Å². The van der Waals surface area contributed by atoms with Gasteiger partial charge in [0.15, 0.2) is 6.10 Å². The molecule has 0 aromatic carbocycles. The highest BCUT2D eigenvalue weighted by molar-refractivity contribution is 5.93. The van der Waals surface area contributed by atoms with Crippen LogP contribution in [0.15, 0.2) is 17.1 Å². The molecule has 1 aliphatic rings. The van der Waals surface area contributed by atoms with E-state index in [2.05, 4.69) is 10.3 Å². The third-order valence-corrected chi connectivity index (χ3v) is 3.31. The second kappa shape index (κ2) is 6.28. The molecule has 4 atom stereocenters. The fourth-order valence-electron chi connectivity index (χ4n) is 2.02. The lowest BCUT2D eigenvalue weighted by Crippen LogP contribution is -2.42. The third kappa shape index (κ3) is 3.22. The minimum Gasteiger partial charge on any atom is -0.394 e. The fraction of sp³-hybridized carbons (Fsp3) is 0.583. The molecule has 128 valence electrons. The number of hydrogen-bond donors (Lipinski definition) is 4. The van der Waals surface area contributed by atoms with E-state index in [1.165, 1.54) is 6.92 Å². The Kier molecular flexibility index (Phi) is 4.75. The molecular weight excluding hydrogens is 318 g/mol. The van der Waals surface area contributed by atoms with Crippen LogP contribution in [0.4, 0.5) is 14.6 Å². The molecule has 0 unspecified atom stereocenters. The number of amides is 1. The van der Waals surface area contributed by atoms with Crippen LogP contribution in [0.1, 0.15) is 13.2 Å². The summed E-state index contributed by atoms with van der Waals surface area (Å²) in [7, 11) is 0. The maximum atomic E-state index is 14.0. The van der Waals surface area contributed by atoms with E-state index in [4.69, 9.17) is 15.6 Å². The summed E-state index contributed by atoms with van der Waals surface area (Å²) in [6.45, 7) is 0.581. The molecular formula is C12H16F2N4O5. The summed E-state index contributed by atoms with van der Waals surface area (Å²) in [4.78, 5) is 26.7. The van der Waals surface area contributed by atoms with Gasteiger partial charge in [0.2, 0.25) is 12.1 Å². The van der Waals surface area contributed by atoms with E-state index in [1.54, 1.807) is 0 Å². The number of nitrogens with zero attached hydrogens (tertiary/aromatic N) is 2. The van der Waals surface area contributed by atoms with Crippen LogP contribution >= 0.6 is 0 Å². The minimum atomic E-state index is -3.80. The van der Waals surface area contributed by atoms with Crippen LogP contribution in [0.3, 0.4) is 0 Å². The molecule has 9 nitrogen and oxygen atoms in total. The SMILES string of the molecule is C[C@H](N)C(=O)Nc1ccn([C@@H]2O[C@H](CO)[C@@H](O)C2(F)F)c(=O)n1. The van der Waals surface area contributed by atoms with Crippen LogP contribution in [0.2, 0.25) is 0 Å². The van der Waals surface area contributed by atoms with Crippen molar-refractivity contribution in [1.82, 2.24) is 9.55 Å². The summed E-state index contributed by atoms with van der Waals surface area (Å²) in [5.74, 6) is -4.56. The lowest BCUT2D eigenvalue weighted by molar-refractivity contribution is -0.141. The largest absolute Gasteiger partial charge is 0.394 e. The molecule has 1 amide bonds. The number of carbonyl (C=O) groups excluding carboxylic acids is 1. The van der Waals surface area contributed by atoms with Gasteiger partial charge in [0, 0.05) is 6.20 Å². The second-order valence-corrected chi connectivity index (χ2v) is 5.11. The predicted molar refractivity (Wildman–Crippen MR) is 72.7 cm³/mol. The van der Waals surface area contributed by atoms with Gasteiger partial charge in [0.1, 0.15) is 11.9 Å². The van der Waals surface area contributed by atoms with E-state index in [9.17, 15) is 23.5 Å². The van der Waals surface area contributed by atoms with Crippen molar-refractivity contribution in [2.75, 3.05) is 11.9 Å². The van der Waals surface area contributed by atoms with Crippen molar-refractivity contribution in [2.24, 2.45) is 5.73 Å². The summed E-state index contributed by atoms with van der Waals surface area (Å²) in [6.07, 6.45) is -4.97. The molecule has 2 rings (SSSR count). The summed E-state index contributed by atoms with van der Waals surface area (Å²) in [5.41, 5.74) is 4.22. The second-order valence-electron chi connectivity index (χ2n) is 5.11. The number of nitrogens with two attached hydrogens (primary N) is 1. The molecule has 1 fully saturated rings. The first-order valence-corrected chi connectivity index (χ1v) is 6.66. The lowest BCUT2D eigenvalue weighted by atomic mass is 10.1. The van der Waals surface area contributed by atoms with Crippen molar-refractivity contribution in [3.05, 3.63) is 22.7 Å². The van der Waals surface area contributed by atoms with Gasteiger partial charge >= 0.3 is 11.6 Å². The number of aliphatic hydroxyl groups excluding tert-OH is 2. The maximum absolute atomic E-state index is 14.0. The molecule has 23 heavy (non-hydrogen) atoms. The van der Waals surface area contributed by atoms with Gasteiger partial charge in [-0.25, -0.2) is 4.79 Å². The topological polar surface area (TPSA) is 140 Å². The number of ether oxygens (including phenoxy) is 1. The summed E-state index contributed by atoms with van der Waals surface area (Å²) < 4.78 is 33.2.